The van der Waals surface area contributed by atoms with Gasteiger partial charge in [-0.15, -0.1) is 0 Å². The Bertz CT molecular complexity index is 277. The number of carboxylic acids is 1. The fraction of sp³-hybridized carbons (Fsp3) is 0.818. The van der Waals surface area contributed by atoms with Crippen LogP contribution >= 0.6 is 0 Å². The summed E-state index contributed by atoms with van der Waals surface area (Å²) in [4.78, 5) is 23.7. The lowest BCUT2D eigenvalue weighted by Crippen LogP contribution is -2.47. The van der Waals surface area contributed by atoms with Crippen molar-refractivity contribution in [3.05, 3.63) is 0 Å². The lowest BCUT2D eigenvalue weighted by molar-refractivity contribution is -0.138. The second-order valence-electron chi connectivity index (χ2n) is 4.47. The molecule has 0 aromatic carbocycles. The number of carbonyl (C=O) groups is 2. The fourth-order valence-corrected chi connectivity index (χ4v) is 1.78. The highest BCUT2D eigenvalue weighted by molar-refractivity contribution is 5.82. The van der Waals surface area contributed by atoms with Gasteiger partial charge in [0.25, 0.3) is 0 Å². The van der Waals surface area contributed by atoms with Gasteiger partial charge in [0.05, 0.1) is 6.61 Å². The molecule has 2 N–H and O–H groups in total. The van der Waals surface area contributed by atoms with Gasteiger partial charge in [-0.2, -0.15) is 0 Å². The van der Waals surface area contributed by atoms with Crippen LogP contribution in [0.3, 0.4) is 0 Å². The number of amides is 2. The second-order valence-corrected chi connectivity index (χ2v) is 4.47. The molecular weight excluding hydrogens is 224 g/mol. The van der Waals surface area contributed by atoms with Crippen molar-refractivity contribution in [2.75, 3.05) is 26.8 Å². The van der Waals surface area contributed by atoms with Crippen LogP contribution in [0.25, 0.3) is 0 Å². The Kier molecular flexibility index (Phi) is 5.21. The van der Waals surface area contributed by atoms with Gasteiger partial charge in [-0.05, 0) is 19.8 Å². The molecule has 1 aliphatic rings. The predicted molar refractivity (Wildman–Crippen MR) is 61.8 cm³/mol. The van der Waals surface area contributed by atoms with E-state index in [4.69, 9.17) is 9.84 Å². The van der Waals surface area contributed by atoms with Gasteiger partial charge < -0.3 is 20.1 Å². The van der Waals surface area contributed by atoms with Crippen LogP contribution in [0.2, 0.25) is 0 Å². The Morgan fingerprint density at radius 1 is 1.59 bits per heavy atom. The van der Waals surface area contributed by atoms with Gasteiger partial charge in [0.2, 0.25) is 0 Å². The quantitative estimate of drug-likeness (QED) is 0.756. The molecule has 6 nitrogen and oxygen atoms in total. The molecule has 6 heteroatoms. The summed E-state index contributed by atoms with van der Waals surface area (Å²) < 4.78 is 5.33. The van der Waals surface area contributed by atoms with Crippen molar-refractivity contribution in [1.29, 1.82) is 0 Å². The number of hydrogen-bond acceptors (Lipinski definition) is 3. The minimum atomic E-state index is -1.03. The van der Waals surface area contributed by atoms with Crippen LogP contribution in [-0.4, -0.2) is 54.9 Å². The van der Waals surface area contributed by atoms with Crippen molar-refractivity contribution in [1.82, 2.24) is 10.2 Å². The minimum absolute atomic E-state index is 0.347. The average molecular weight is 244 g/mol. The molecule has 2 amide bonds. The van der Waals surface area contributed by atoms with Crippen LogP contribution < -0.4 is 5.32 Å². The maximum atomic E-state index is 11.6. The highest BCUT2D eigenvalue weighted by atomic mass is 16.5. The van der Waals surface area contributed by atoms with Crippen molar-refractivity contribution in [2.24, 2.45) is 5.92 Å². The standard InChI is InChI=1S/C11H20N2O4/c1-8(10(14)15)12-11(16)13(2)6-9-4-3-5-17-7-9/h8-9H,3-7H2,1-2H3,(H,12,16)(H,14,15)/t8-,9?/m0/s1. The Hall–Kier alpha value is -1.30. The van der Waals surface area contributed by atoms with E-state index in [0.29, 0.717) is 19.1 Å². The van der Waals surface area contributed by atoms with Crippen LogP contribution in [-0.2, 0) is 9.53 Å². The summed E-state index contributed by atoms with van der Waals surface area (Å²) >= 11 is 0. The normalized spacial score (nSPS) is 21.6. The Morgan fingerprint density at radius 3 is 2.82 bits per heavy atom. The monoisotopic (exact) mass is 244 g/mol. The van der Waals surface area contributed by atoms with E-state index < -0.39 is 12.0 Å². The van der Waals surface area contributed by atoms with Gasteiger partial charge in [-0.3, -0.25) is 4.79 Å². The number of carbonyl (C=O) groups excluding carboxylic acids is 1. The number of carboxylic acid groups (broad SMARTS) is 1. The van der Waals surface area contributed by atoms with Crippen molar-refractivity contribution >= 4 is 12.0 Å². The maximum absolute atomic E-state index is 11.6. The summed E-state index contributed by atoms with van der Waals surface area (Å²) in [6, 6.07) is -1.22. The van der Waals surface area contributed by atoms with Gasteiger partial charge in [-0.1, -0.05) is 0 Å². The van der Waals surface area contributed by atoms with E-state index in [1.165, 1.54) is 11.8 Å². The zero-order chi connectivity index (χ0) is 12.8. The third-order valence-corrected chi connectivity index (χ3v) is 2.84. The van der Waals surface area contributed by atoms with E-state index in [-0.39, 0.29) is 6.03 Å². The first-order chi connectivity index (χ1) is 8.00. The summed E-state index contributed by atoms with van der Waals surface area (Å²) in [5.41, 5.74) is 0. The van der Waals surface area contributed by atoms with Gasteiger partial charge in [0.15, 0.2) is 0 Å². The van der Waals surface area contributed by atoms with Crippen LogP contribution in [0, 0.1) is 5.92 Å². The van der Waals surface area contributed by atoms with E-state index in [2.05, 4.69) is 5.32 Å². The van der Waals surface area contributed by atoms with Crippen LogP contribution in [0.5, 0.6) is 0 Å². The number of rotatable bonds is 4. The smallest absolute Gasteiger partial charge is 0.325 e. The third-order valence-electron chi connectivity index (χ3n) is 2.84. The first-order valence-corrected chi connectivity index (χ1v) is 5.83. The van der Waals surface area contributed by atoms with E-state index in [0.717, 1.165) is 19.4 Å². The summed E-state index contributed by atoms with van der Waals surface area (Å²) in [5, 5.41) is 11.1. The maximum Gasteiger partial charge on any atom is 0.325 e. The number of hydrogen-bond donors (Lipinski definition) is 2. The van der Waals surface area contributed by atoms with Crippen molar-refractivity contribution in [2.45, 2.75) is 25.8 Å². The van der Waals surface area contributed by atoms with E-state index in [1.807, 2.05) is 0 Å². The van der Waals surface area contributed by atoms with Crippen LogP contribution in [0.15, 0.2) is 0 Å². The zero-order valence-electron chi connectivity index (χ0n) is 10.3. The number of nitrogens with one attached hydrogen (secondary N) is 1. The number of urea groups is 1. The highest BCUT2D eigenvalue weighted by Gasteiger charge is 2.21. The molecule has 1 aliphatic heterocycles. The highest BCUT2D eigenvalue weighted by Crippen LogP contribution is 2.14. The number of nitrogens with zero attached hydrogens (tertiary/aromatic N) is 1. The summed E-state index contributed by atoms with van der Waals surface area (Å²) in [5.74, 6) is -0.688. The lowest BCUT2D eigenvalue weighted by Gasteiger charge is -2.27. The van der Waals surface area contributed by atoms with Crippen LogP contribution in [0.1, 0.15) is 19.8 Å². The molecule has 1 unspecified atom stereocenters. The summed E-state index contributed by atoms with van der Waals surface area (Å²) in [6.07, 6.45) is 2.07. The first-order valence-electron chi connectivity index (χ1n) is 5.83. The van der Waals surface area contributed by atoms with Crippen molar-refractivity contribution in [3.63, 3.8) is 0 Å². The molecule has 1 rings (SSSR count). The van der Waals surface area contributed by atoms with Gasteiger partial charge in [-0.25, -0.2) is 4.79 Å². The molecule has 0 aromatic heterocycles. The fourth-order valence-electron chi connectivity index (χ4n) is 1.78. The third kappa shape index (κ3) is 4.60. The summed E-state index contributed by atoms with van der Waals surface area (Å²) in [7, 11) is 1.67. The minimum Gasteiger partial charge on any atom is -0.480 e. The molecule has 0 radical (unpaired) electrons. The molecule has 1 heterocycles. The molecule has 0 spiro atoms. The SMILES string of the molecule is C[C@H](NC(=O)N(C)CC1CCCOC1)C(=O)O. The van der Waals surface area contributed by atoms with E-state index in [1.54, 1.807) is 7.05 Å². The number of ether oxygens (including phenoxy) is 1. The lowest BCUT2D eigenvalue weighted by atomic mass is 10.0. The molecule has 0 aromatic rings. The molecule has 1 saturated heterocycles. The van der Waals surface area contributed by atoms with Gasteiger partial charge >= 0.3 is 12.0 Å². The predicted octanol–water partition coefficient (Wildman–Crippen LogP) is 0.527. The topological polar surface area (TPSA) is 78.9 Å². The molecule has 0 bridgehead atoms. The molecule has 98 valence electrons. The molecular formula is C11H20N2O4. The molecule has 2 atom stereocenters. The Balaban J connectivity index is 2.33. The average Bonchev–Trinajstić information content (AvgIpc) is 2.29. The Labute approximate surface area is 101 Å². The molecule has 1 fully saturated rings. The molecule has 17 heavy (non-hydrogen) atoms. The Morgan fingerprint density at radius 2 is 2.29 bits per heavy atom. The molecule has 0 aliphatic carbocycles. The van der Waals surface area contributed by atoms with Gasteiger partial charge in [0.1, 0.15) is 6.04 Å². The first kappa shape index (κ1) is 13.8. The zero-order valence-corrected chi connectivity index (χ0v) is 10.3. The van der Waals surface area contributed by atoms with Crippen molar-refractivity contribution in [3.8, 4) is 0 Å². The second kappa shape index (κ2) is 6.44. The molecule has 0 saturated carbocycles. The van der Waals surface area contributed by atoms with Gasteiger partial charge in [0, 0.05) is 26.1 Å². The summed E-state index contributed by atoms with van der Waals surface area (Å²) in [6.45, 7) is 3.50. The van der Waals surface area contributed by atoms with Crippen molar-refractivity contribution < 1.29 is 19.4 Å². The van der Waals surface area contributed by atoms with E-state index in [9.17, 15) is 9.59 Å². The number of aliphatic carboxylic acids is 1. The van der Waals surface area contributed by atoms with Crippen LogP contribution in [0.4, 0.5) is 4.79 Å². The largest absolute Gasteiger partial charge is 0.480 e. The van der Waals surface area contributed by atoms with E-state index >= 15 is 0 Å².